The zero-order chi connectivity index (χ0) is 15.5. The highest BCUT2D eigenvalue weighted by atomic mass is 79.9. The van der Waals surface area contributed by atoms with Gasteiger partial charge in [0.1, 0.15) is 0 Å². The van der Waals surface area contributed by atoms with Crippen molar-refractivity contribution in [2.45, 2.75) is 9.65 Å². The van der Waals surface area contributed by atoms with Crippen molar-refractivity contribution >= 4 is 59.4 Å². The molecule has 2 nitrogen and oxygen atoms in total. The van der Waals surface area contributed by atoms with E-state index in [0.29, 0.717) is 11.1 Å². The highest BCUT2D eigenvalue weighted by molar-refractivity contribution is 9.26. The Kier molecular flexibility index (Phi) is 5.52. The molecule has 2 rings (SSSR count). The molecule has 0 atom stereocenters. The molecule has 0 saturated heterocycles. The van der Waals surface area contributed by atoms with E-state index in [0.717, 1.165) is 4.47 Å². The van der Waals surface area contributed by atoms with Crippen LogP contribution in [0.15, 0.2) is 59.1 Å². The summed E-state index contributed by atoms with van der Waals surface area (Å²) in [5, 5.41) is 0. The highest BCUT2D eigenvalue weighted by Crippen LogP contribution is 2.35. The van der Waals surface area contributed by atoms with E-state index in [1.165, 1.54) is 0 Å². The molecule has 0 aliphatic carbocycles. The third-order valence-electron chi connectivity index (χ3n) is 2.92. The number of ketones is 2. The van der Waals surface area contributed by atoms with Crippen molar-refractivity contribution in [1.82, 2.24) is 0 Å². The monoisotopic (exact) mass is 472 g/mol. The predicted octanol–water partition coefficient (Wildman–Crippen LogP) is 5.39. The largest absolute Gasteiger partial charge is 0.294 e. The molecule has 0 saturated carbocycles. The maximum absolute atomic E-state index is 12.4. The Morgan fingerprint density at radius 1 is 0.857 bits per heavy atom. The normalized spacial score (nSPS) is 11.2. The van der Waals surface area contributed by atoms with E-state index in [2.05, 4.69) is 47.8 Å². The van der Waals surface area contributed by atoms with Gasteiger partial charge >= 0.3 is 0 Å². The van der Waals surface area contributed by atoms with E-state index in [4.69, 9.17) is 0 Å². The van der Waals surface area contributed by atoms with Gasteiger partial charge in [-0.3, -0.25) is 9.59 Å². The molecular formula is C16H11Br3O2. The fourth-order valence-corrected chi connectivity index (χ4v) is 3.05. The quantitative estimate of drug-likeness (QED) is 0.430. The number of rotatable bonds is 5. The van der Waals surface area contributed by atoms with Gasteiger partial charge in [-0.15, -0.1) is 0 Å². The Balaban J connectivity index is 2.15. The minimum atomic E-state index is -1.09. The lowest BCUT2D eigenvalue weighted by atomic mass is 10.0. The molecule has 108 valence electrons. The van der Waals surface area contributed by atoms with Crippen molar-refractivity contribution in [2.24, 2.45) is 0 Å². The summed E-state index contributed by atoms with van der Waals surface area (Å²) < 4.78 is -0.186. The van der Waals surface area contributed by atoms with Gasteiger partial charge in [0.15, 0.2) is 14.8 Å². The zero-order valence-electron chi connectivity index (χ0n) is 10.9. The summed E-state index contributed by atoms with van der Waals surface area (Å²) in [6.45, 7) is 0. The van der Waals surface area contributed by atoms with Gasteiger partial charge < -0.3 is 0 Å². The molecule has 0 aromatic heterocycles. The Morgan fingerprint density at radius 2 is 1.43 bits per heavy atom. The SMILES string of the molecule is O=C(CC(Br)(Br)C(=O)c1ccccc1)c1ccc(Br)cc1. The smallest absolute Gasteiger partial charge is 0.190 e. The molecule has 2 aromatic rings. The van der Waals surface area contributed by atoms with Crippen molar-refractivity contribution < 1.29 is 9.59 Å². The second-order valence-electron chi connectivity index (χ2n) is 4.51. The van der Waals surface area contributed by atoms with Crippen LogP contribution in [0.1, 0.15) is 27.1 Å². The number of halogens is 3. The molecule has 0 aliphatic rings. The number of carbonyl (C=O) groups excluding carboxylic acids is 2. The summed E-state index contributed by atoms with van der Waals surface area (Å²) >= 11 is 9.99. The van der Waals surface area contributed by atoms with E-state index >= 15 is 0 Å². The van der Waals surface area contributed by atoms with Crippen LogP contribution in [0.4, 0.5) is 0 Å². The van der Waals surface area contributed by atoms with E-state index in [9.17, 15) is 9.59 Å². The summed E-state index contributed by atoms with van der Waals surface area (Å²) in [5.74, 6) is -0.283. The van der Waals surface area contributed by atoms with Crippen LogP contribution in [-0.4, -0.2) is 14.8 Å². The second kappa shape index (κ2) is 6.99. The molecule has 0 fully saturated rings. The number of hydrogen-bond donors (Lipinski definition) is 0. The van der Waals surface area contributed by atoms with Gasteiger partial charge in [0.25, 0.3) is 0 Å². The molecule has 0 N–H and O–H groups in total. The first-order valence-corrected chi connectivity index (χ1v) is 8.54. The minimum absolute atomic E-state index is 0.0301. The van der Waals surface area contributed by atoms with Crippen molar-refractivity contribution in [3.05, 3.63) is 70.2 Å². The van der Waals surface area contributed by atoms with Gasteiger partial charge in [-0.1, -0.05) is 90.3 Å². The zero-order valence-corrected chi connectivity index (χ0v) is 15.6. The van der Waals surface area contributed by atoms with Gasteiger partial charge in [-0.25, -0.2) is 0 Å². The van der Waals surface area contributed by atoms with Crippen LogP contribution in [-0.2, 0) is 0 Å². The van der Waals surface area contributed by atoms with Gasteiger partial charge in [-0.2, -0.15) is 0 Å². The molecule has 0 unspecified atom stereocenters. The maximum Gasteiger partial charge on any atom is 0.190 e. The molecule has 0 bridgehead atoms. The van der Waals surface area contributed by atoms with Crippen LogP contribution in [0.25, 0.3) is 0 Å². The van der Waals surface area contributed by atoms with E-state index in [1.807, 2.05) is 6.07 Å². The molecule has 0 aliphatic heterocycles. The second-order valence-corrected chi connectivity index (χ2v) is 9.19. The van der Waals surface area contributed by atoms with Crippen LogP contribution in [0, 0.1) is 0 Å². The van der Waals surface area contributed by atoms with Gasteiger partial charge in [0.05, 0.1) is 0 Å². The van der Waals surface area contributed by atoms with E-state index in [1.54, 1.807) is 48.5 Å². The van der Waals surface area contributed by atoms with Crippen LogP contribution in [0.2, 0.25) is 0 Å². The summed E-state index contributed by atoms with van der Waals surface area (Å²) in [5.41, 5.74) is 1.12. The third-order valence-corrected chi connectivity index (χ3v) is 4.73. The van der Waals surface area contributed by atoms with Gasteiger partial charge in [0.2, 0.25) is 0 Å². The standard InChI is InChI=1S/C16H11Br3O2/c17-13-8-6-11(7-9-13)14(20)10-16(18,19)15(21)12-4-2-1-3-5-12/h1-9H,10H2. The summed E-state index contributed by atoms with van der Waals surface area (Å²) in [7, 11) is 0. The van der Waals surface area contributed by atoms with Crippen LogP contribution < -0.4 is 0 Å². The first kappa shape index (κ1) is 16.6. The number of benzene rings is 2. The average molecular weight is 475 g/mol. The van der Waals surface area contributed by atoms with E-state index < -0.39 is 3.23 Å². The lowest BCUT2D eigenvalue weighted by molar-refractivity contribution is 0.0917. The van der Waals surface area contributed by atoms with Crippen molar-refractivity contribution in [2.75, 3.05) is 0 Å². The lowest BCUT2D eigenvalue weighted by Crippen LogP contribution is -2.28. The van der Waals surface area contributed by atoms with Crippen molar-refractivity contribution in [1.29, 1.82) is 0 Å². The molecule has 21 heavy (non-hydrogen) atoms. The molecule has 2 aromatic carbocycles. The molecule has 0 radical (unpaired) electrons. The topological polar surface area (TPSA) is 34.1 Å². The fourth-order valence-electron chi connectivity index (χ4n) is 1.82. The molecule has 0 heterocycles. The minimum Gasteiger partial charge on any atom is -0.294 e. The first-order chi connectivity index (χ1) is 9.90. The Hall–Kier alpha value is -0.780. The number of Topliss-reactive ketones (excluding diaryl/α,β-unsaturated/α-hetero) is 2. The van der Waals surface area contributed by atoms with Crippen LogP contribution in [0.3, 0.4) is 0 Å². The summed E-state index contributed by atoms with van der Waals surface area (Å²) in [4.78, 5) is 24.7. The van der Waals surface area contributed by atoms with Gasteiger partial charge in [0, 0.05) is 22.0 Å². The molecule has 5 heteroatoms. The van der Waals surface area contributed by atoms with Crippen LogP contribution >= 0.6 is 47.8 Å². The predicted molar refractivity (Wildman–Crippen MR) is 94.4 cm³/mol. The maximum atomic E-state index is 12.4. The van der Waals surface area contributed by atoms with Crippen molar-refractivity contribution in [3.63, 3.8) is 0 Å². The Bertz CT molecular complexity index is 649. The Morgan fingerprint density at radius 3 is 2.00 bits per heavy atom. The molecule has 0 amide bonds. The first-order valence-electron chi connectivity index (χ1n) is 6.16. The highest BCUT2D eigenvalue weighted by Gasteiger charge is 2.35. The average Bonchev–Trinajstić information content (AvgIpc) is 2.47. The number of carbonyl (C=O) groups is 2. The van der Waals surface area contributed by atoms with Crippen molar-refractivity contribution in [3.8, 4) is 0 Å². The van der Waals surface area contributed by atoms with Crippen LogP contribution in [0.5, 0.6) is 0 Å². The lowest BCUT2D eigenvalue weighted by Gasteiger charge is -2.18. The Labute approximate surface area is 148 Å². The molecular weight excluding hydrogens is 464 g/mol. The number of alkyl halides is 2. The molecule has 0 spiro atoms. The fraction of sp³-hybridized carbons (Fsp3) is 0.125. The third kappa shape index (κ3) is 4.34. The van der Waals surface area contributed by atoms with Gasteiger partial charge in [-0.05, 0) is 12.1 Å². The number of hydrogen-bond acceptors (Lipinski definition) is 2. The summed E-state index contributed by atoms with van der Waals surface area (Å²) in [6.07, 6.45) is 0.0301. The van der Waals surface area contributed by atoms with E-state index in [-0.39, 0.29) is 18.0 Å². The summed E-state index contributed by atoms with van der Waals surface area (Å²) in [6, 6.07) is 15.9.